The zero-order valence-corrected chi connectivity index (χ0v) is 4.46. The summed E-state index contributed by atoms with van der Waals surface area (Å²) in [6, 6.07) is 0. The van der Waals surface area contributed by atoms with Gasteiger partial charge in [-0.25, -0.2) is 4.79 Å². The van der Waals surface area contributed by atoms with Gasteiger partial charge in [0.05, 0.1) is 6.42 Å². The molecule has 6 heteroatoms. The SMILES string of the molecule is NC(=O)CC(=O)C(=O)O.[KH]. The number of rotatable bonds is 3. The number of amides is 1. The fourth-order valence-electron chi connectivity index (χ4n) is 0.234. The van der Waals surface area contributed by atoms with Gasteiger partial charge in [-0.3, -0.25) is 9.59 Å². The molecule has 0 aliphatic carbocycles. The molecule has 0 unspecified atom stereocenters. The van der Waals surface area contributed by atoms with Crippen LogP contribution in [0, 0.1) is 0 Å². The van der Waals surface area contributed by atoms with Crippen molar-refractivity contribution in [2.75, 3.05) is 0 Å². The van der Waals surface area contributed by atoms with E-state index in [9.17, 15) is 14.4 Å². The first-order valence-electron chi connectivity index (χ1n) is 2.08. The molecule has 0 radical (unpaired) electrons. The van der Waals surface area contributed by atoms with Gasteiger partial charge < -0.3 is 10.8 Å². The molecule has 0 aliphatic rings. The standard InChI is InChI=1S/C4H5NO4.K.H/c5-3(7)1-2(6)4(8)9;;/h1H2,(H2,5,7)(H,8,9);;. The van der Waals surface area contributed by atoms with Crippen molar-refractivity contribution >= 4 is 69.0 Å². The summed E-state index contributed by atoms with van der Waals surface area (Å²) in [6.07, 6.45) is -0.727. The van der Waals surface area contributed by atoms with Crippen molar-refractivity contribution in [3.8, 4) is 0 Å². The topological polar surface area (TPSA) is 97.5 Å². The van der Waals surface area contributed by atoms with Crippen LogP contribution < -0.4 is 5.73 Å². The summed E-state index contributed by atoms with van der Waals surface area (Å²) in [6.45, 7) is 0. The van der Waals surface area contributed by atoms with Gasteiger partial charge in [0.2, 0.25) is 11.7 Å². The number of carbonyl (C=O) groups is 3. The van der Waals surface area contributed by atoms with Gasteiger partial charge in [-0.1, -0.05) is 0 Å². The van der Waals surface area contributed by atoms with E-state index in [0.717, 1.165) is 0 Å². The van der Waals surface area contributed by atoms with E-state index in [0.29, 0.717) is 0 Å². The van der Waals surface area contributed by atoms with Gasteiger partial charge in [0, 0.05) is 0 Å². The van der Waals surface area contributed by atoms with Gasteiger partial charge in [-0.05, 0) is 0 Å². The van der Waals surface area contributed by atoms with Crippen LogP contribution in [0.25, 0.3) is 0 Å². The average molecular weight is 171 g/mol. The van der Waals surface area contributed by atoms with Crippen molar-refractivity contribution in [1.82, 2.24) is 0 Å². The first-order valence-corrected chi connectivity index (χ1v) is 2.08. The molecule has 0 aromatic rings. The zero-order chi connectivity index (χ0) is 7.44. The van der Waals surface area contributed by atoms with Crippen LogP contribution >= 0.6 is 0 Å². The maximum absolute atomic E-state index is 10.1. The van der Waals surface area contributed by atoms with Gasteiger partial charge in [-0.15, -0.1) is 0 Å². The fraction of sp³-hybridized carbons (Fsp3) is 0.250. The third kappa shape index (κ3) is 6.37. The summed E-state index contributed by atoms with van der Waals surface area (Å²) in [5, 5.41) is 7.87. The van der Waals surface area contributed by atoms with E-state index in [4.69, 9.17) is 5.11 Å². The molecule has 3 N–H and O–H groups in total. The molecule has 0 saturated heterocycles. The summed E-state index contributed by atoms with van der Waals surface area (Å²) in [7, 11) is 0. The van der Waals surface area contributed by atoms with Crippen LogP contribution in [0.15, 0.2) is 0 Å². The number of hydrogen-bond acceptors (Lipinski definition) is 3. The summed E-state index contributed by atoms with van der Waals surface area (Å²) in [5.74, 6) is -3.74. The maximum atomic E-state index is 10.1. The van der Waals surface area contributed by atoms with E-state index in [-0.39, 0.29) is 51.4 Å². The summed E-state index contributed by atoms with van der Waals surface area (Å²) < 4.78 is 0. The molecular formula is C4H6KNO4. The molecule has 0 spiro atoms. The first kappa shape index (κ1) is 12.9. The Labute approximate surface area is 99.4 Å². The van der Waals surface area contributed by atoms with Gasteiger partial charge in [0.1, 0.15) is 0 Å². The van der Waals surface area contributed by atoms with Gasteiger partial charge >= 0.3 is 57.4 Å². The molecule has 0 heterocycles. The van der Waals surface area contributed by atoms with Crippen molar-refractivity contribution in [3.63, 3.8) is 0 Å². The van der Waals surface area contributed by atoms with E-state index >= 15 is 0 Å². The zero-order valence-electron chi connectivity index (χ0n) is 4.46. The van der Waals surface area contributed by atoms with Crippen molar-refractivity contribution in [2.24, 2.45) is 5.73 Å². The number of hydrogen-bond donors (Lipinski definition) is 2. The van der Waals surface area contributed by atoms with E-state index in [2.05, 4.69) is 5.73 Å². The molecule has 0 rings (SSSR count). The van der Waals surface area contributed by atoms with Crippen molar-refractivity contribution in [3.05, 3.63) is 0 Å². The molecule has 0 fully saturated rings. The Kier molecular flexibility index (Phi) is 7.72. The second kappa shape index (κ2) is 5.99. The van der Waals surface area contributed by atoms with Crippen molar-refractivity contribution in [2.45, 2.75) is 6.42 Å². The third-order valence-corrected chi connectivity index (χ3v) is 0.573. The normalized spacial score (nSPS) is 7.60. The Morgan fingerprint density at radius 1 is 1.30 bits per heavy atom. The Bertz CT molecular complexity index is 167. The molecule has 0 aromatic heterocycles. The van der Waals surface area contributed by atoms with Gasteiger partial charge in [-0.2, -0.15) is 0 Å². The van der Waals surface area contributed by atoms with Gasteiger partial charge in [0.25, 0.3) is 0 Å². The number of primary amides is 1. The first-order chi connectivity index (χ1) is 4.04. The molecule has 10 heavy (non-hydrogen) atoms. The molecule has 0 aromatic carbocycles. The molecule has 5 nitrogen and oxygen atoms in total. The van der Waals surface area contributed by atoms with E-state index in [1.807, 2.05) is 0 Å². The number of carbonyl (C=O) groups excluding carboxylic acids is 2. The van der Waals surface area contributed by atoms with Crippen LogP contribution in [0.5, 0.6) is 0 Å². The molecule has 52 valence electrons. The summed E-state index contributed by atoms with van der Waals surface area (Å²) in [4.78, 5) is 29.6. The van der Waals surface area contributed by atoms with Crippen LogP contribution in [-0.2, 0) is 14.4 Å². The Hall–Kier alpha value is 0.246. The predicted molar refractivity (Wildman–Crippen MR) is 33.6 cm³/mol. The second-order valence-corrected chi connectivity index (χ2v) is 1.37. The van der Waals surface area contributed by atoms with Crippen LogP contribution in [0.1, 0.15) is 6.42 Å². The second-order valence-electron chi connectivity index (χ2n) is 1.37. The number of carboxylic acid groups (broad SMARTS) is 1. The van der Waals surface area contributed by atoms with Crippen molar-refractivity contribution in [1.29, 1.82) is 0 Å². The Balaban J connectivity index is 0. The minimum absolute atomic E-state index is 0. The number of carboxylic acids is 1. The van der Waals surface area contributed by atoms with Crippen LogP contribution in [0.4, 0.5) is 0 Å². The summed E-state index contributed by atoms with van der Waals surface area (Å²) in [5.41, 5.74) is 4.51. The van der Waals surface area contributed by atoms with Crippen LogP contribution in [-0.4, -0.2) is 74.2 Å². The fourth-order valence-corrected chi connectivity index (χ4v) is 0.234. The summed E-state index contributed by atoms with van der Waals surface area (Å²) >= 11 is 0. The minimum atomic E-state index is -1.63. The number of ketones is 1. The Morgan fingerprint density at radius 3 is 1.80 bits per heavy atom. The molecule has 0 aliphatic heterocycles. The van der Waals surface area contributed by atoms with E-state index in [1.165, 1.54) is 0 Å². The van der Waals surface area contributed by atoms with E-state index in [1.54, 1.807) is 0 Å². The molecular weight excluding hydrogens is 165 g/mol. The number of nitrogens with two attached hydrogens (primary N) is 1. The molecule has 0 atom stereocenters. The predicted octanol–water partition coefficient (Wildman–Crippen LogP) is -2.13. The number of Topliss-reactive ketones (excluding diaryl/α,β-unsaturated/α-hetero) is 1. The van der Waals surface area contributed by atoms with Gasteiger partial charge in [0.15, 0.2) is 0 Å². The molecule has 0 bridgehead atoms. The van der Waals surface area contributed by atoms with Crippen LogP contribution in [0.2, 0.25) is 0 Å². The average Bonchev–Trinajstić information content (AvgIpc) is 1.63. The van der Waals surface area contributed by atoms with Crippen molar-refractivity contribution < 1.29 is 19.5 Å². The number of aliphatic carboxylic acids is 1. The quantitative estimate of drug-likeness (QED) is 0.288. The van der Waals surface area contributed by atoms with Crippen LogP contribution in [0.3, 0.4) is 0 Å². The third-order valence-electron chi connectivity index (χ3n) is 0.573. The monoisotopic (exact) mass is 171 g/mol. The molecule has 1 amide bonds. The van der Waals surface area contributed by atoms with E-state index < -0.39 is 24.1 Å². The molecule has 0 saturated carbocycles. The Morgan fingerprint density at radius 2 is 1.70 bits per heavy atom.